The van der Waals surface area contributed by atoms with E-state index in [0.717, 1.165) is 18.6 Å². The van der Waals surface area contributed by atoms with Gasteiger partial charge in [0.25, 0.3) is 0 Å². The minimum Gasteiger partial charge on any atom is -0.399 e. The summed E-state index contributed by atoms with van der Waals surface area (Å²) >= 11 is 12.3. The average molecular weight is 341 g/mol. The molecule has 2 bridgehead atoms. The lowest BCUT2D eigenvalue weighted by molar-refractivity contribution is 0.204. The Bertz CT molecular complexity index is 576. The third-order valence-electron chi connectivity index (χ3n) is 5.01. The first-order chi connectivity index (χ1) is 10.6. The minimum atomic E-state index is 0.362. The monoisotopic (exact) mass is 340 g/mol. The highest BCUT2D eigenvalue weighted by Crippen LogP contribution is 2.44. The third kappa shape index (κ3) is 2.99. The summed E-state index contributed by atoms with van der Waals surface area (Å²) in [7, 11) is 1.62. The van der Waals surface area contributed by atoms with Crippen molar-refractivity contribution < 1.29 is 4.84 Å². The van der Waals surface area contributed by atoms with Crippen LogP contribution in [0.3, 0.4) is 0 Å². The molecule has 0 radical (unpaired) electrons. The van der Waals surface area contributed by atoms with Crippen LogP contribution in [0.25, 0.3) is 0 Å². The fourth-order valence-corrected chi connectivity index (χ4v) is 4.39. The molecule has 22 heavy (non-hydrogen) atoms. The maximum absolute atomic E-state index is 6.24. The van der Waals surface area contributed by atoms with Crippen LogP contribution in [0.5, 0.6) is 0 Å². The van der Waals surface area contributed by atoms with Crippen molar-refractivity contribution in [2.45, 2.75) is 50.6 Å². The van der Waals surface area contributed by atoms with Crippen LogP contribution < -0.4 is 5.32 Å². The highest BCUT2D eigenvalue weighted by Gasteiger charge is 2.44. The van der Waals surface area contributed by atoms with E-state index >= 15 is 0 Å². The zero-order valence-corrected chi connectivity index (χ0v) is 14.5. The van der Waals surface area contributed by atoms with Gasteiger partial charge in [-0.2, -0.15) is 0 Å². The van der Waals surface area contributed by atoms with Crippen LogP contribution in [0.4, 0.5) is 0 Å². The van der Waals surface area contributed by atoms with Gasteiger partial charge >= 0.3 is 0 Å². The maximum Gasteiger partial charge on any atom is 0.106 e. The fourth-order valence-electron chi connectivity index (χ4n) is 4.08. The van der Waals surface area contributed by atoms with E-state index in [2.05, 4.69) is 23.5 Å². The Kier molecular flexibility index (Phi) is 4.96. The molecule has 0 spiro atoms. The van der Waals surface area contributed by atoms with Gasteiger partial charge in [0.15, 0.2) is 0 Å². The Morgan fingerprint density at radius 1 is 1.32 bits per heavy atom. The molecule has 2 heterocycles. The Balaban J connectivity index is 1.98. The molecule has 1 unspecified atom stereocenters. The van der Waals surface area contributed by atoms with Gasteiger partial charge in [0, 0.05) is 18.0 Å². The summed E-state index contributed by atoms with van der Waals surface area (Å²) in [6.07, 6.45) is 4.46. The van der Waals surface area contributed by atoms with Crippen LogP contribution >= 0.6 is 23.2 Å². The number of oxime groups is 1. The van der Waals surface area contributed by atoms with E-state index in [1.54, 1.807) is 7.11 Å². The van der Waals surface area contributed by atoms with Crippen molar-refractivity contribution in [1.29, 1.82) is 0 Å². The normalized spacial score (nSPS) is 31.4. The van der Waals surface area contributed by atoms with Crippen LogP contribution in [0.2, 0.25) is 10.0 Å². The zero-order valence-electron chi connectivity index (χ0n) is 13.0. The first-order valence-corrected chi connectivity index (χ1v) is 8.70. The number of rotatable bonds is 4. The van der Waals surface area contributed by atoms with Crippen LogP contribution in [-0.2, 0) is 4.84 Å². The molecule has 3 rings (SSSR count). The molecule has 1 aromatic carbocycles. The van der Waals surface area contributed by atoms with Crippen molar-refractivity contribution in [1.82, 2.24) is 5.32 Å². The van der Waals surface area contributed by atoms with E-state index in [1.807, 2.05) is 12.1 Å². The number of hydrogen-bond donors (Lipinski definition) is 1. The third-order valence-corrected chi connectivity index (χ3v) is 5.75. The molecule has 1 N–H and O–H groups in total. The smallest absolute Gasteiger partial charge is 0.106 e. The first kappa shape index (κ1) is 16.1. The van der Waals surface area contributed by atoms with Crippen molar-refractivity contribution in [2.75, 3.05) is 7.11 Å². The minimum absolute atomic E-state index is 0.362. The predicted molar refractivity (Wildman–Crippen MR) is 92.0 cm³/mol. The Morgan fingerprint density at radius 3 is 2.82 bits per heavy atom. The van der Waals surface area contributed by atoms with E-state index in [0.29, 0.717) is 34.0 Å². The standard InChI is InChI=1S/C17H22Cl2N2O/c1-3-15(21-22-2)17-12(9-11-5-7-16(17)20-11)10-4-6-13(18)14(19)8-10/h4,6,8,11-12,16-17,20H,3,5,7,9H2,1-2H3/t11?,12-,16-,17+/m0/s1. The van der Waals surface area contributed by atoms with E-state index in [1.165, 1.54) is 18.4 Å². The predicted octanol–water partition coefficient (Wildman–Crippen LogP) is 4.63. The fraction of sp³-hybridized carbons (Fsp3) is 0.588. The summed E-state index contributed by atoms with van der Waals surface area (Å²) in [5.74, 6) is 0.781. The summed E-state index contributed by atoms with van der Waals surface area (Å²) < 4.78 is 0. The van der Waals surface area contributed by atoms with Crippen molar-refractivity contribution in [2.24, 2.45) is 11.1 Å². The quantitative estimate of drug-likeness (QED) is 0.640. The Morgan fingerprint density at radius 2 is 2.14 bits per heavy atom. The number of nitrogens with one attached hydrogen (secondary N) is 1. The van der Waals surface area contributed by atoms with Crippen LogP contribution in [-0.4, -0.2) is 24.9 Å². The summed E-state index contributed by atoms with van der Waals surface area (Å²) in [5.41, 5.74) is 2.39. The summed E-state index contributed by atoms with van der Waals surface area (Å²) in [6.45, 7) is 2.14. The molecule has 2 aliphatic rings. The number of fused-ring (bicyclic) bond motifs is 2. The maximum atomic E-state index is 6.24. The van der Waals surface area contributed by atoms with E-state index in [4.69, 9.17) is 28.0 Å². The van der Waals surface area contributed by atoms with Gasteiger partial charge < -0.3 is 10.2 Å². The van der Waals surface area contributed by atoms with Gasteiger partial charge in [0.05, 0.1) is 15.8 Å². The van der Waals surface area contributed by atoms with Crippen molar-refractivity contribution in [3.63, 3.8) is 0 Å². The van der Waals surface area contributed by atoms with Crippen LogP contribution in [0.1, 0.15) is 44.1 Å². The van der Waals surface area contributed by atoms with Crippen molar-refractivity contribution >= 4 is 28.9 Å². The SMILES string of the molecule is CCC(=NOC)[C@@H]1[C@@H]2CCC(C[C@H]1c1ccc(Cl)c(Cl)c1)N2. The highest BCUT2D eigenvalue weighted by atomic mass is 35.5. The Hall–Kier alpha value is -0.770. The number of nitrogens with zero attached hydrogens (tertiary/aromatic N) is 1. The van der Waals surface area contributed by atoms with Crippen molar-refractivity contribution in [3.05, 3.63) is 33.8 Å². The van der Waals surface area contributed by atoms with E-state index in [-0.39, 0.29) is 0 Å². The van der Waals surface area contributed by atoms with Gasteiger partial charge in [-0.15, -0.1) is 0 Å². The number of halogens is 2. The first-order valence-electron chi connectivity index (χ1n) is 7.95. The van der Waals surface area contributed by atoms with Gasteiger partial charge in [0.2, 0.25) is 0 Å². The molecular weight excluding hydrogens is 319 g/mol. The van der Waals surface area contributed by atoms with Crippen LogP contribution in [0.15, 0.2) is 23.4 Å². The number of piperidine rings is 1. The zero-order chi connectivity index (χ0) is 15.7. The second kappa shape index (κ2) is 6.77. The number of hydrogen-bond acceptors (Lipinski definition) is 3. The number of benzene rings is 1. The average Bonchev–Trinajstić information content (AvgIpc) is 2.90. The van der Waals surface area contributed by atoms with Gasteiger partial charge in [-0.25, -0.2) is 0 Å². The Labute approximate surface area is 142 Å². The van der Waals surface area contributed by atoms with E-state index < -0.39 is 0 Å². The molecule has 1 aromatic rings. The van der Waals surface area contributed by atoms with Gasteiger partial charge in [-0.1, -0.05) is 41.3 Å². The molecule has 5 heteroatoms. The van der Waals surface area contributed by atoms with Crippen LogP contribution in [0, 0.1) is 5.92 Å². The summed E-state index contributed by atoms with van der Waals surface area (Å²) in [6, 6.07) is 7.11. The van der Waals surface area contributed by atoms with E-state index in [9.17, 15) is 0 Å². The molecule has 120 valence electrons. The summed E-state index contributed by atoms with van der Waals surface area (Å²) in [4.78, 5) is 5.09. The molecule has 2 aliphatic heterocycles. The van der Waals surface area contributed by atoms with Gasteiger partial charge in [-0.3, -0.25) is 0 Å². The molecule has 3 nitrogen and oxygen atoms in total. The van der Waals surface area contributed by atoms with Gasteiger partial charge in [0.1, 0.15) is 7.11 Å². The largest absolute Gasteiger partial charge is 0.399 e. The lowest BCUT2D eigenvalue weighted by Gasteiger charge is -2.38. The lowest BCUT2D eigenvalue weighted by atomic mass is 9.74. The molecule has 0 aliphatic carbocycles. The van der Waals surface area contributed by atoms with Gasteiger partial charge in [-0.05, 0) is 49.3 Å². The molecule has 0 amide bonds. The summed E-state index contributed by atoms with van der Waals surface area (Å²) in [5, 5.41) is 9.30. The molecule has 2 saturated heterocycles. The second-order valence-corrected chi connectivity index (χ2v) is 7.02. The molecule has 2 fully saturated rings. The highest BCUT2D eigenvalue weighted by molar-refractivity contribution is 6.42. The molecule has 4 atom stereocenters. The topological polar surface area (TPSA) is 33.6 Å². The lowest BCUT2D eigenvalue weighted by Crippen LogP contribution is -2.47. The van der Waals surface area contributed by atoms with Crippen molar-refractivity contribution in [3.8, 4) is 0 Å². The molecular formula is C17H22Cl2N2O. The second-order valence-electron chi connectivity index (χ2n) is 6.21. The molecule has 0 saturated carbocycles. The molecule has 0 aromatic heterocycles.